The SMILES string of the molecule is O=C(Nc1ccccc1C(F)(F)F)C1COc2ccccc2O1. The number of amides is 1. The molecule has 1 atom stereocenters. The molecule has 1 amide bonds. The maximum Gasteiger partial charge on any atom is 0.418 e. The number of hydrogen-bond acceptors (Lipinski definition) is 3. The van der Waals surface area contributed by atoms with E-state index in [9.17, 15) is 18.0 Å². The van der Waals surface area contributed by atoms with Crippen LogP contribution >= 0.6 is 0 Å². The molecular weight excluding hydrogens is 311 g/mol. The maximum absolute atomic E-state index is 12.9. The highest BCUT2D eigenvalue weighted by molar-refractivity contribution is 5.95. The summed E-state index contributed by atoms with van der Waals surface area (Å²) < 4.78 is 49.7. The Labute approximate surface area is 129 Å². The number of carbonyl (C=O) groups excluding carboxylic acids is 1. The molecule has 7 heteroatoms. The van der Waals surface area contributed by atoms with E-state index in [4.69, 9.17) is 9.47 Å². The number of alkyl halides is 3. The van der Waals surface area contributed by atoms with Gasteiger partial charge in [-0.1, -0.05) is 24.3 Å². The number of benzene rings is 2. The van der Waals surface area contributed by atoms with Gasteiger partial charge >= 0.3 is 6.18 Å². The molecule has 2 aromatic carbocycles. The molecule has 0 saturated carbocycles. The van der Waals surface area contributed by atoms with Gasteiger partial charge in [0.15, 0.2) is 11.5 Å². The van der Waals surface area contributed by atoms with Gasteiger partial charge in [0.05, 0.1) is 11.3 Å². The first-order valence-electron chi connectivity index (χ1n) is 6.81. The monoisotopic (exact) mass is 323 g/mol. The fourth-order valence-corrected chi connectivity index (χ4v) is 2.20. The Kier molecular flexibility index (Phi) is 3.85. The third-order valence-corrected chi connectivity index (χ3v) is 3.29. The Morgan fingerprint density at radius 1 is 1.04 bits per heavy atom. The molecule has 0 radical (unpaired) electrons. The lowest BCUT2D eigenvalue weighted by Crippen LogP contribution is -2.40. The van der Waals surface area contributed by atoms with Crippen molar-refractivity contribution in [2.45, 2.75) is 12.3 Å². The van der Waals surface area contributed by atoms with Crippen LogP contribution in [0.3, 0.4) is 0 Å². The topological polar surface area (TPSA) is 47.6 Å². The summed E-state index contributed by atoms with van der Waals surface area (Å²) in [5, 5.41) is 2.25. The third-order valence-electron chi connectivity index (χ3n) is 3.29. The van der Waals surface area contributed by atoms with E-state index in [0.717, 1.165) is 6.07 Å². The van der Waals surface area contributed by atoms with Crippen LogP contribution in [0.15, 0.2) is 48.5 Å². The molecule has 0 bridgehead atoms. The number of anilines is 1. The van der Waals surface area contributed by atoms with E-state index in [1.165, 1.54) is 18.2 Å². The minimum atomic E-state index is -4.56. The van der Waals surface area contributed by atoms with Crippen molar-refractivity contribution >= 4 is 11.6 Å². The molecule has 1 aliphatic heterocycles. The second-order valence-corrected chi connectivity index (χ2v) is 4.90. The molecule has 120 valence electrons. The highest BCUT2D eigenvalue weighted by Crippen LogP contribution is 2.35. The van der Waals surface area contributed by atoms with Crippen LogP contribution in [0.1, 0.15) is 5.56 Å². The summed E-state index contributed by atoms with van der Waals surface area (Å²) >= 11 is 0. The molecule has 0 aromatic heterocycles. The van der Waals surface area contributed by atoms with Gasteiger partial charge in [0, 0.05) is 0 Å². The van der Waals surface area contributed by atoms with Gasteiger partial charge in [0.1, 0.15) is 6.61 Å². The van der Waals surface area contributed by atoms with E-state index < -0.39 is 23.8 Å². The first-order chi connectivity index (χ1) is 10.9. The van der Waals surface area contributed by atoms with Crippen LogP contribution in [0.2, 0.25) is 0 Å². The first kappa shape index (κ1) is 15.2. The second-order valence-electron chi connectivity index (χ2n) is 4.90. The summed E-state index contributed by atoms with van der Waals surface area (Å²) in [7, 11) is 0. The van der Waals surface area contributed by atoms with Gasteiger partial charge in [0.2, 0.25) is 6.10 Å². The van der Waals surface area contributed by atoms with Gasteiger partial charge in [-0.05, 0) is 24.3 Å². The van der Waals surface area contributed by atoms with Gasteiger partial charge < -0.3 is 14.8 Å². The minimum Gasteiger partial charge on any atom is -0.485 e. The number of hydrogen-bond donors (Lipinski definition) is 1. The zero-order chi connectivity index (χ0) is 16.4. The summed E-state index contributed by atoms with van der Waals surface area (Å²) in [4.78, 5) is 12.2. The number of ether oxygens (including phenoxy) is 2. The van der Waals surface area contributed by atoms with Crippen molar-refractivity contribution < 1.29 is 27.4 Å². The van der Waals surface area contributed by atoms with E-state index in [1.54, 1.807) is 24.3 Å². The van der Waals surface area contributed by atoms with Gasteiger partial charge in [0.25, 0.3) is 5.91 Å². The van der Waals surface area contributed by atoms with Crippen molar-refractivity contribution in [3.8, 4) is 11.5 Å². The average molecular weight is 323 g/mol. The van der Waals surface area contributed by atoms with Gasteiger partial charge in [-0.15, -0.1) is 0 Å². The fraction of sp³-hybridized carbons (Fsp3) is 0.188. The van der Waals surface area contributed by atoms with Crippen molar-refractivity contribution in [3.63, 3.8) is 0 Å². The van der Waals surface area contributed by atoms with Crippen LogP contribution in [-0.4, -0.2) is 18.6 Å². The number of halogens is 3. The Bertz CT molecular complexity index is 731. The molecule has 1 unspecified atom stereocenters. The van der Waals surface area contributed by atoms with Crippen molar-refractivity contribution in [1.29, 1.82) is 0 Å². The van der Waals surface area contributed by atoms with Crippen LogP contribution in [0.4, 0.5) is 18.9 Å². The van der Waals surface area contributed by atoms with Crippen LogP contribution in [0, 0.1) is 0 Å². The van der Waals surface area contributed by atoms with Crippen molar-refractivity contribution in [2.75, 3.05) is 11.9 Å². The quantitative estimate of drug-likeness (QED) is 0.920. The Hall–Kier alpha value is -2.70. The summed E-state index contributed by atoms with van der Waals surface area (Å²) in [6.45, 7) is -0.0724. The zero-order valence-electron chi connectivity index (χ0n) is 11.8. The van der Waals surface area contributed by atoms with Crippen LogP contribution < -0.4 is 14.8 Å². The molecule has 23 heavy (non-hydrogen) atoms. The molecule has 0 saturated heterocycles. The molecule has 0 fully saturated rings. The van der Waals surface area contributed by atoms with E-state index in [1.807, 2.05) is 0 Å². The predicted octanol–water partition coefficient (Wildman–Crippen LogP) is 3.48. The predicted molar refractivity (Wildman–Crippen MR) is 76.4 cm³/mol. The lowest BCUT2D eigenvalue weighted by Gasteiger charge is -2.26. The van der Waals surface area contributed by atoms with Crippen molar-refractivity contribution in [1.82, 2.24) is 0 Å². The second kappa shape index (κ2) is 5.83. The average Bonchev–Trinajstić information content (AvgIpc) is 2.54. The molecule has 2 aromatic rings. The lowest BCUT2D eigenvalue weighted by atomic mass is 10.1. The smallest absolute Gasteiger partial charge is 0.418 e. The molecule has 0 aliphatic carbocycles. The highest BCUT2D eigenvalue weighted by Gasteiger charge is 2.35. The summed E-state index contributed by atoms with van der Waals surface area (Å²) in [5.74, 6) is 0.173. The first-order valence-corrected chi connectivity index (χ1v) is 6.81. The normalized spacial score (nSPS) is 16.7. The van der Waals surface area contributed by atoms with Gasteiger partial charge in [-0.25, -0.2) is 0 Å². The molecule has 0 spiro atoms. The highest BCUT2D eigenvalue weighted by atomic mass is 19.4. The molecule has 1 N–H and O–H groups in total. The Morgan fingerprint density at radius 2 is 1.70 bits per heavy atom. The number of carbonyl (C=O) groups is 1. The Balaban J connectivity index is 1.76. The summed E-state index contributed by atoms with van der Waals surface area (Å²) in [5.41, 5.74) is -1.22. The summed E-state index contributed by atoms with van der Waals surface area (Å²) in [6, 6.07) is 11.5. The zero-order valence-corrected chi connectivity index (χ0v) is 11.8. The van der Waals surface area contributed by atoms with E-state index in [0.29, 0.717) is 11.5 Å². The molecule has 4 nitrogen and oxygen atoms in total. The molecule has 3 rings (SSSR count). The lowest BCUT2D eigenvalue weighted by molar-refractivity contribution is -0.137. The fourth-order valence-electron chi connectivity index (χ4n) is 2.20. The van der Waals surface area contributed by atoms with E-state index in [-0.39, 0.29) is 12.3 Å². The number of rotatable bonds is 2. The number of nitrogens with one attached hydrogen (secondary N) is 1. The van der Waals surface area contributed by atoms with Crippen molar-refractivity contribution in [3.05, 3.63) is 54.1 Å². The number of fused-ring (bicyclic) bond motifs is 1. The van der Waals surface area contributed by atoms with Crippen LogP contribution in [0.5, 0.6) is 11.5 Å². The van der Waals surface area contributed by atoms with Crippen LogP contribution in [-0.2, 0) is 11.0 Å². The number of para-hydroxylation sites is 3. The van der Waals surface area contributed by atoms with Crippen molar-refractivity contribution in [2.24, 2.45) is 0 Å². The van der Waals surface area contributed by atoms with E-state index >= 15 is 0 Å². The maximum atomic E-state index is 12.9. The van der Waals surface area contributed by atoms with Gasteiger partial charge in [-0.3, -0.25) is 4.79 Å². The largest absolute Gasteiger partial charge is 0.485 e. The van der Waals surface area contributed by atoms with E-state index in [2.05, 4.69) is 5.32 Å². The summed E-state index contributed by atoms with van der Waals surface area (Å²) in [6.07, 6.45) is -5.58. The van der Waals surface area contributed by atoms with Gasteiger partial charge in [-0.2, -0.15) is 13.2 Å². The Morgan fingerprint density at radius 3 is 2.43 bits per heavy atom. The minimum absolute atomic E-state index is 0.0724. The molecular formula is C16H12F3NO3. The van der Waals surface area contributed by atoms with Crippen LogP contribution in [0.25, 0.3) is 0 Å². The molecule has 1 aliphatic rings. The molecule has 1 heterocycles. The third kappa shape index (κ3) is 3.23. The standard InChI is InChI=1S/C16H12F3NO3/c17-16(18,19)10-5-1-2-6-11(10)20-15(21)14-9-22-12-7-3-4-8-13(12)23-14/h1-8,14H,9H2,(H,20,21).